The number of amides is 1. The zero-order chi connectivity index (χ0) is 17.5. The van der Waals surface area contributed by atoms with Gasteiger partial charge >= 0.3 is 0 Å². The van der Waals surface area contributed by atoms with Crippen molar-refractivity contribution in [3.8, 4) is 0 Å². The number of nitrogens with zero attached hydrogens (tertiary/aromatic N) is 4. The van der Waals surface area contributed by atoms with Gasteiger partial charge in [0.15, 0.2) is 0 Å². The van der Waals surface area contributed by atoms with Crippen molar-refractivity contribution in [2.24, 2.45) is 0 Å². The maximum atomic E-state index is 12.8. The number of hydrogen-bond acceptors (Lipinski definition) is 5. The summed E-state index contributed by atoms with van der Waals surface area (Å²) in [4.78, 5) is 25.7. The second kappa shape index (κ2) is 8.97. The van der Waals surface area contributed by atoms with E-state index in [0.29, 0.717) is 0 Å². The number of hydrogen-bond donors (Lipinski definition) is 0. The predicted octanol–water partition coefficient (Wildman–Crippen LogP) is 2.69. The van der Waals surface area contributed by atoms with Gasteiger partial charge in [0.25, 0.3) is 0 Å². The van der Waals surface area contributed by atoms with E-state index in [1.807, 2.05) is 42.3 Å². The molecule has 6 heteroatoms. The van der Waals surface area contributed by atoms with E-state index in [1.165, 1.54) is 17.3 Å². The molecule has 0 spiro atoms. The van der Waals surface area contributed by atoms with Crippen LogP contribution in [0.15, 0.2) is 53.9 Å². The van der Waals surface area contributed by atoms with E-state index < -0.39 is 0 Å². The Labute approximate surface area is 153 Å². The van der Waals surface area contributed by atoms with Gasteiger partial charge in [-0.3, -0.25) is 14.7 Å². The minimum absolute atomic E-state index is 0.111. The monoisotopic (exact) mass is 356 g/mol. The standard InChI is InChI=1S/C19H24N4OS/c1-16(25-18-7-2-3-9-21-18)19(24)23-11-5-10-22(12-13-23)15-17-6-4-8-20-14-17/h2-4,6-9,14,16H,5,10-13,15H2,1H3/t16-/m1/s1. The van der Waals surface area contributed by atoms with Crippen molar-refractivity contribution in [3.05, 3.63) is 54.5 Å². The van der Waals surface area contributed by atoms with E-state index in [0.717, 1.165) is 44.2 Å². The van der Waals surface area contributed by atoms with E-state index in [9.17, 15) is 4.79 Å². The van der Waals surface area contributed by atoms with Gasteiger partial charge in [-0.15, -0.1) is 0 Å². The highest BCUT2D eigenvalue weighted by Gasteiger charge is 2.24. The van der Waals surface area contributed by atoms with Crippen LogP contribution < -0.4 is 0 Å². The van der Waals surface area contributed by atoms with Gasteiger partial charge in [-0.25, -0.2) is 4.98 Å². The van der Waals surface area contributed by atoms with Gasteiger partial charge in [-0.1, -0.05) is 23.9 Å². The maximum absolute atomic E-state index is 12.8. The molecule has 0 N–H and O–H groups in total. The van der Waals surface area contributed by atoms with Gasteiger partial charge in [0.05, 0.1) is 10.3 Å². The fourth-order valence-corrected chi connectivity index (χ4v) is 3.90. The van der Waals surface area contributed by atoms with Crippen LogP contribution in [0.25, 0.3) is 0 Å². The molecule has 25 heavy (non-hydrogen) atoms. The summed E-state index contributed by atoms with van der Waals surface area (Å²) in [5, 5.41) is 0.788. The first-order valence-electron chi connectivity index (χ1n) is 8.70. The van der Waals surface area contributed by atoms with Crippen molar-refractivity contribution in [1.29, 1.82) is 0 Å². The minimum atomic E-state index is -0.111. The summed E-state index contributed by atoms with van der Waals surface area (Å²) in [6.45, 7) is 6.40. The molecule has 0 unspecified atom stereocenters. The Kier molecular flexibility index (Phi) is 6.42. The third-order valence-electron chi connectivity index (χ3n) is 4.31. The van der Waals surface area contributed by atoms with E-state index in [4.69, 9.17) is 0 Å². The smallest absolute Gasteiger partial charge is 0.235 e. The van der Waals surface area contributed by atoms with Crippen molar-refractivity contribution < 1.29 is 4.79 Å². The van der Waals surface area contributed by atoms with E-state index in [1.54, 1.807) is 12.4 Å². The topological polar surface area (TPSA) is 49.3 Å². The molecule has 0 aromatic carbocycles. The van der Waals surface area contributed by atoms with Gasteiger partial charge in [-0.05, 0) is 37.1 Å². The second-order valence-corrected chi connectivity index (χ2v) is 7.61. The summed E-state index contributed by atoms with van der Waals surface area (Å²) in [5.74, 6) is 0.207. The van der Waals surface area contributed by atoms with E-state index in [2.05, 4.69) is 20.9 Å². The molecule has 1 aliphatic heterocycles. The third kappa shape index (κ3) is 5.28. The average molecular weight is 356 g/mol. The molecule has 132 valence electrons. The van der Waals surface area contributed by atoms with E-state index >= 15 is 0 Å². The zero-order valence-corrected chi connectivity index (χ0v) is 15.4. The molecule has 3 rings (SSSR count). The Balaban J connectivity index is 1.52. The third-order valence-corrected chi connectivity index (χ3v) is 5.35. The Morgan fingerprint density at radius 1 is 1.16 bits per heavy atom. The lowest BCUT2D eigenvalue weighted by atomic mass is 10.2. The highest BCUT2D eigenvalue weighted by Crippen LogP contribution is 2.22. The maximum Gasteiger partial charge on any atom is 0.235 e. The van der Waals surface area contributed by atoms with Crippen molar-refractivity contribution in [1.82, 2.24) is 19.8 Å². The van der Waals surface area contributed by atoms with Gasteiger partial charge in [0.1, 0.15) is 0 Å². The Morgan fingerprint density at radius 3 is 2.84 bits per heavy atom. The molecule has 5 nitrogen and oxygen atoms in total. The van der Waals surface area contributed by atoms with Crippen LogP contribution in [0.5, 0.6) is 0 Å². The fourth-order valence-electron chi connectivity index (χ4n) is 3.00. The van der Waals surface area contributed by atoms with Crippen LogP contribution in [-0.4, -0.2) is 57.1 Å². The van der Waals surface area contributed by atoms with Crippen molar-refractivity contribution >= 4 is 17.7 Å². The van der Waals surface area contributed by atoms with Crippen LogP contribution in [0, 0.1) is 0 Å². The first-order valence-corrected chi connectivity index (χ1v) is 9.58. The number of aromatic nitrogens is 2. The van der Waals surface area contributed by atoms with Gasteiger partial charge < -0.3 is 4.90 Å². The lowest BCUT2D eigenvalue weighted by molar-refractivity contribution is -0.130. The molecule has 0 bridgehead atoms. The Bertz CT molecular complexity index is 668. The fraction of sp³-hybridized carbons (Fsp3) is 0.421. The lowest BCUT2D eigenvalue weighted by Crippen LogP contribution is -2.39. The molecule has 0 radical (unpaired) electrons. The van der Waals surface area contributed by atoms with Gasteiger partial charge in [0.2, 0.25) is 5.91 Å². The minimum Gasteiger partial charge on any atom is -0.340 e. The molecule has 2 aromatic rings. The van der Waals surface area contributed by atoms with Crippen LogP contribution in [0.2, 0.25) is 0 Å². The second-order valence-electron chi connectivity index (χ2n) is 6.24. The highest BCUT2D eigenvalue weighted by atomic mass is 32.2. The number of carbonyl (C=O) groups is 1. The zero-order valence-electron chi connectivity index (χ0n) is 14.5. The number of pyridine rings is 2. The molecule has 1 amide bonds. The normalized spacial score (nSPS) is 17.1. The molecule has 1 atom stereocenters. The van der Waals surface area contributed by atoms with Crippen LogP contribution in [0.4, 0.5) is 0 Å². The predicted molar refractivity (Wildman–Crippen MR) is 100 cm³/mol. The van der Waals surface area contributed by atoms with Gasteiger partial charge in [-0.2, -0.15) is 0 Å². The Hall–Kier alpha value is -1.92. The summed E-state index contributed by atoms with van der Waals surface area (Å²) in [7, 11) is 0. The van der Waals surface area contributed by atoms with Crippen LogP contribution in [-0.2, 0) is 11.3 Å². The van der Waals surface area contributed by atoms with Crippen molar-refractivity contribution in [2.45, 2.75) is 30.2 Å². The summed E-state index contributed by atoms with van der Waals surface area (Å²) in [6.07, 6.45) is 6.49. The van der Waals surface area contributed by atoms with Gasteiger partial charge in [0, 0.05) is 51.3 Å². The molecule has 3 heterocycles. The molecular weight excluding hydrogens is 332 g/mol. The van der Waals surface area contributed by atoms with Crippen LogP contribution >= 0.6 is 11.8 Å². The summed E-state index contributed by atoms with van der Waals surface area (Å²) in [5.41, 5.74) is 1.22. The largest absolute Gasteiger partial charge is 0.340 e. The summed E-state index contributed by atoms with van der Waals surface area (Å²) < 4.78 is 0. The lowest BCUT2D eigenvalue weighted by Gasteiger charge is -2.24. The van der Waals surface area contributed by atoms with Crippen LogP contribution in [0.3, 0.4) is 0 Å². The van der Waals surface area contributed by atoms with Crippen LogP contribution in [0.1, 0.15) is 18.9 Å². The average Bonchev–Trinajstić information content (AvgIpc) is 2.88. The van der Waals surface area contributed by atoms with Crippen molar-refractivity contribution in [3.63, 3.8) is 0 Å². The van der Waals surface area contributed by atoms with Crippen molar-refractivity contribution in [2.75, 3.05) is 26.2 Å². The Morgan fingerprint density at radius 2 is 2.08 bits per heavy atom. The molecule has 0 aliphatic carbocycles. The molecule has 0 saturated carbocycles. The molecule has 2 aromatic heterocycles. The highest BCUT2D eigenvalue weighted by molar-refractivity contribution is 8.00. The molecule has 1 saturated heterocycles. The molecule has 1 aliphatic rings. The summed E-state index contributed by atoms with van der Waals surface area (Å²) in [6, 6.07) is 9.87. The SMILES string of the molecule is C[C@@H](Sc1ccccn1)C(=O)N1CCCN(Cc2cccnc2)CC1. The first kappa shape index (κ1) is 17.9. The molecule has 1 fully saturated rings. The summed E-state index contributed by atoms with van der Waals surface area (Å²) >= 11 is 1.53. The number of thioether (sulfide) groups is 1. The number of rotatable bonds is 5. The quantitative estimate of drug-likeness (QED) is 0.771. The number of carbonyl (C=O) groups excluding carboxylic acids is 1. The van der Waals surface area contributed by atoms with E-state index in [-0.39, 0.29) is 11.2 Å². The molecular formula is C19H24N4OS. The first-order chi connectivity index (χ1) is 12.2.